The topological polar surface area (TPSA) is 189 Å². The number of hydrogen-bond acceptors (Lipinski definition) is 12. The molecule has 0 aliphatic carbocycles. The van der Waals surface area contributed by atoms with Crippen LogP contribution in [0.15, 0.2) is 146 Å². The molecule has 6 aromatic carbocycles. The number of nitrogens with zero attached hydrogens (tertiary/aromatic N) is 8. The summed E-state index contributed by atoms with van der Waals surface area (Å²) in [6, 6.07) is 47.4. The Labute approximate surface area is 512 Å². The Kier molecular flexibility index (Phi) is 23.5. The third-order valence-corrected chi connectivity index (χ3v) is 15.9. The van der Waals surface area contributed by atoms with Crippen LogP contribution >= 0.6 is 70.4 Å². The van der Waals surface area contributed by atoms with E-state index < -0.39 is 23.9 Å². The fourth-order valence-electron chi connectivity index (χ4n) is 10.1. The van der Waals surface area contributed by atoms with Crippen LogP contribution in [0.3, 0.4) is 0 Å². The summed E-state index contributed by atoms with van der Waals surface area (Å²) < 4.78 is 0. The molecule has 4 heterocycles. The van der Waals surface area contributed by atoms with Crippen LogP contribution < -0.4 is 22.5 Å². The molecule has 0 radical (unpaired) electrons. The highest BCUT2D eigenvalue weighted by atomic mass is 35.5. The average Bonchev–Trinajstić information content (AvgIpc) is 3.60. The van der Waals surface area contributed by atoms with E-state index in [1.165, 1.54) is 22.3 Å². The molecule has 14 nitrogen and oxygen atoms in total. The van der Waals surface area contributed by atoms with Crippen molar-refractivity contribution < 1.29 is 9.59 Å². The Morgan fingerprint density at radius 2 is 0.829 bits per heavy atom. The quantitative estimate of drug-likeness (QED) is 0.0671. The van der Waals surface area contributed by atoms with Gasteiger partial charge in [-0.15, -0.1) is 12.4 Å². The Hall–Kier alpha value is -5.72. The van der Waals surface area contributed by atoms with Gasteiger partial charge >= 0.3 is 0 Å². The summed E-state index contributed by atoms with van der Waals surface area (Å²) in [5.41, 5.74) is 22.4. The monoisotopic (exact) mass is 1220 g/mol. The Morgan fingerprint density at radius 1 is 0.476 bits per heavy atom. The van der Waals surface area contributed by atoms with Gasteiger partial charge in [-0.3, -0.25) is 29.2 Å². The first kappa shape index (κ1) is 63.9. The van der Waals surface area contributed by atoms with E-state index in [1.807, 2.05) is 125 Å². The van der Waals surface area contributed by atoms with Gasteiger partial charge in [0.05, 0.1) is 42.2 Å². The normalized spacial score (nSPS) is 15.1. The van der Waals surface area contributed by atoms with Crippen LogP contribution in [0.2, 0.25) is 25.2 Å². The van der Waals surface area contributed by atoms with E-state index in [0.717, 1.165) is 100 Å². The fraction of sp³-hybridized carbons (Fsp3) is 0.323. The smallest absolute Gasteiger partial charge is 0.240 e. The number of aromatic nitrogens is 4. The van der Waals surface area contributed by atoms with Gasteiger partial charge < -0.3 is 22.5 Å². The second kappa shape index (κ2) is 30.2. The number of halogens is 6. The number of benzene rings is 6. The molecule has 2 aliphatic rings. The van der Waals surface area contributed by atoms with Crippen molar-refractivity contribution in [2.24, 2.45) is 29.0 Å². The molecule has 10 rings (SSSR count). The van der Waals surface area contributed by atoms with E-state index in [2.05, 4.69) is 78.4 Å². The van der Waals surface area contributed by atoms with Gasteiger partial charge in [0.1, 0.15) is 28.7 Å². The molecular formula is C62H70Cl6N12O2. The second-order valence-corrected chi connectivity index (χ2v) is 23.1. The van der Waals surface area contributed by atoms with Crippen molar-refractivity contribution in [3.63, 3.8) is 0 Å². The number of carbonyl (C=O) groups excluding carboxylic acids is 2. The summed E-state index contributed by atoms with van der Waals surface area (Å²) in [4.78, 5) is 51.1. The molecule has 8 aromatic rings. The van der Waals surface area contributed by atoms with E-state index in [9.17, 15) is 9.59 Å². The lowest BCUT2D eigenvalue weighted by Crippen LogP contribution is -2.47. The fourth-order valence-corrected chi connectivity index (χ4v) is 10.8. The van der Waals surface area contributed by atoms with Gasteiger partial charge in [0, 0.05) is 83.2 Å². The van der Waals surface area contributed by atoms with Crippen molar-refractivity contribution >= 4 is 110 Å². The van der Waals surface area contributed by atoms with Crippen LogP contribution in [-0.4, -0.2) is 116 Å². The number of nitrogens with two attached hydrogens (primary N) is 3. The predicted molar refractivity (Wildman–Crippen MR) is 338 cm³/mol. The molecule has 2 fully saturated rings. The molecule has 2 atom stereocenters. The second-order valence-electron chi connectivity index (χ2n) is 21.0. The van der Waals surface area contributed by atoms with Crippen molar-refractivity contribution in [3.05, 3.63) is 205 Å². The minimum absolute atomic E-state index is 0. The van der Waals surface area contributed by atoms with Crippen molar-refractivity contribution in [2.45, 2.75) is 65.0 Å². The van der Waals surface area contributed by atoms with Gasteiger partial charge in [-0.25, -0.2) is 19.9 Å². The Balaban J connectivity index is 0.000000209. The molecule has 0 saturated carbocycles. The average molecular weight is 1230 g/mol. The van der Waals surface area contributed by atoms with Crippen LogP contribution in [0.5, 0.6) is 0 Å². The maximum absolute atomic E-state index is 12.1. The third-order valence-electron chi connectivity index (χ3n) is 14.6. The molecule has 7 N–H and O–H groups in total. The summed E-state index contributed by atoms with van der Waals surface area (Å²) >= 11 is 31.1. The highest BCUT2D eigenvalue weighted by Crippen LogP contribution is 2.34. The first-order valence-electron chi connectivity index (χ1n) is 27.1. The minimum Gasteiger partial charge on any atom is -0.368 e. The SMILES string of the molecule is CC(C)[C@H](N)C(N)=O.CC(C)[C@H](Nc1nc(CN2CCN(C(c3ccc(Cl)cc3)c3ccc(Cl)cc3)CC2)nc2ccccc12)C(N)=O.Cl.Clc1ccc(C(c2ccc(Cl)cc2)N2CCN(Cc3nc(Cl)c4ccccc4n3)CC2)cc1. The van der Waals surface area contributed by atoms with E-state index in [4.69, 9.17) is 90.2 Å². The third kappa shape index (κ3) is 17.2. The number of rotatable bonds is 16. The number of piperazine rings is 2. The first-order valence-corrected chi connectivity index (χ1v) is 29.0. The van der Waals surface area contributed by atoms with Gasteiger partial charge in [-0.1, -0.05) is 158 Å². The molecular weight excluding hydrogens is 1160 g/mol. The molecule has 20 heteroatoms. The molecule has 2 aromatic heterocycles. The number of fused-ring (bicyclic) bond motifs is 2. The minimum atomic E-state index is -0.521. The molecule has 82 heavy (non-hydrogen) atoms. The van der Waals surface area contributed by atoms with Crippen molar-refractivity contribution in [1.29, 1.82) is 0 Å². The zero-order chi connectivity index (χ0) is 57.7. The van der Waals surface area contributed by atoms with Crippen molar-refractivity contribution in [2.75, 3.05) is 57.7 Å². The lowest BCUT2D eigenvalue weighted by Gasteiger charge is -2.39. The number of hydrogen-bond donors (Lipinski definition) is 4. The number of carbonyl (C=O) groups is 2. The predicted octanol–water partition coefficient (Wildman–Crippen LogP) is 12.1. The molecule has 0 unspecified atom stereocenters. The Morgan fingerprint density at radius 3 is 1.17 bits per heavy atom. The van der Waals surface area contributed by atoms with E-state index in [0.29, 0.717) is 29.9 Å². The largest absolute Gasteiger partial charge is 0.368 e. The van der Waals surface area contributed by atoms with Crippen molar-refractivity contribution in [3.8, 4) is 0 Å². The maximum Gasteiger partial charge on any atom is 0.240 e. The molecule has 0 spiro atoms. The standard InChI is InChI=1S/C31H34Cl2N6O.C26H23Cl3N4.C5H12N2O.ClH/c1-20(2)28(30(34)40)37-31-25-5-3-4-6-26(25)35-27(36-31)19-38-15-17-39(18-16-38)29(21-7-11-23(32)12-8-21)22-9-13-24(33)14-10-22;27-20-9-5-18(6-10-20)25(19-7-11-21(28)12-8-19)33-15-13-32(14-16-33)17-24-30-23-4-2-1-3-22(23)26(29)31-24;1-3(2)4(6)5(7)8;/h3-14,20,28-29H,15-19H2,1-2H3,(H2,34,40)(H,35,36,37);1-12,25H,13-17H2;3-4H,6H2,1-2H3,(H2,7,8);1H/t28-;;4-;/m0.0./s1. The zero-order valence-electron chi connectivity index (χ0n) is 46.3. The molecule has 432 valence electrons. The van der Waals surface area contributed by atoms with Gasteiger partial charge in [-0.2, -0.15) is 0 Å². The molecule has 2 amide bonds. The summed E-state index contributed by atoms with van der Waals surface area (Å²) in [5, 5.41) is 8.51. The number of para-hydroxylation sites is 2. The summed E-state index contributed by atoms with van der Waals surface area (Å²) in [7, 11) is 0. The summed E-state index contributed by atoms with van der Waals surface area (Å²) in [6.07, 6.45) is 0. The van der Waals surface area contributed by atoms with Crippen LogP contribution in [0.1, 0.15) is 73.7 Å². The number of nitrogens with one attached hydrogen (secondary N) is 1. The maximum atomic E-state index is 12.1. The summed E-state index contributed by atoms with van der Waals surface area (Å²) in [6.45, 7) is 16.1. The number of primary amides is 2. The van der Waals surface area contributed by atoms with E-state index in [1.54, 1.807) is 0 Å². The highest BCUT2D eigenvalue weighted by molar-refractivity contribution is 6.34. The lowest BCUT2D eigenvalue weighted by molar-refractivity contribution is -0.120. The number of anilines is 1. The molecule has 0 bridgehead atoms. The van der Waals surface area contributed by atoms with Gasteiger partial charge in [-0.05, 0) is 107 Å². The zero-order valence-corrected chi connectivity index (χ0v) is 50.9. The van der Waals surface area contributed by atoms with Crippen LogP contribution in [0.4, 0.5) is 5.82 Å². The molecule has 2 saturated heterocycles. The molecule has 2 aliphatic heterocycles. The highest BCUT2D eigenvalue weighted by Gasteiger charge is 2.30. The van der Waals surface area contributed by atoms with Crippen LogP contribution in [0, 0.1) is 11.8 Å². The summed E-state index contributed by atoms with van der Waals surface area (Å²) in [5.74, 6) is 1.46. The number of amides is 2. The van der Waals surface area contributed by atoms with Crippen molar-refractivity contribution in [1.82, 2.24) is 39.5 Å². The van der Waals surface area contributed by atoms with Gasteiger partial charge in [0.25, 0.3) is 0 Å². The van der Waals surface area contributed by atoms with Crippen LogP contribution in [-0.2, 0) is 22.7 Å². The van der Waals surface area contributed by atoms with Crippen LogP contribution in [0.25, 0.3) is 21.8 Å². The van der Waals surface area contributed by atoms with Gasteiger partial charge in [0.15, 0.2) is 0 Å². The van der Waals surface area contributed by atoms with E-state index in [-0.39, 0.29) is 36.3 Å². The van der Waals surface area contributed by atoms with E-state index >= 15 is 0 Å². The lowest BCUT2D eigenvalue weighted by atomic mass is 9.96. The Bertz CT molecular complexity index is 3250. The van der Waals surface area contributed by atoms with Gasteiger partial charge in [0.2, 0.25) is 11.8 Å². The first-order chi connectivity index (χ1) is 38.9.